The van der Waals surface area contributed by atoms with Crippen molar-refractivity contribution in [3.63, 3.8) is 0 Å². The first-order valence-corrected chi connectivity index (χ1v) is 12.4. The van der Waals surface area contributed by atoms with Gasteiger partial charge in [-0.05, 0) is 72.7 Å². The highest BCUT2D eigenvalue weighted by atomic mass is 16.2. The molecule has 1 aliphatic heterocycles. The van der Waals surface area contributed by atoms with Gasteiger partial charge in [0.05, 0.1) is 0 Å². The molecule has 0 unspecified atom stereocenters. The van der Waals surface area contributed by atoms with E-state index in [0.717, 1.165) is 62.8 Å². The molecule has 4 rings (SSSR count). The smallest absolute Gasteiger partial charge is 0.161 e. The molecule has 5 nitrogen and oxygen atoms in total. The van der Waals surface area contributed by atoms with E-state index >= 15 is 0 Å². The monoisotopic (exact) mass is 436 g/mol. The second-order valence-electron chi connectivity index (χ2n) is 10.9. The average molecular weight is 437 g/mol. The fourth-order valence-electron chi connectivity index (χ4n) is 5.22. The van der Waals surface area contributed by atoms with Crippen LogP contribution in [0.1, 0.15) is 70.9 Å². The van der Waals surface area contributed by atoms with Crippen LogP contribution in [0.2, 0.25) is 0 Å². The van der Waals surface area contributed by atoms with Crippen molar-refractivity contribution >= 4 is 5.82 Å². The van der Waals surface area contributed by atoms with Gasteiger partial charge in [0.25, 0.3) is 0 Å². The maximum atomic E-state index is 8.94. The van der Waals surface area contributed by atoms with E-state index in [2.05, 4.69) is 60.7 Å². The lowest BCUT2D eigenvalue weighted by atomic mass is 9.63. The summed E-state index contributed by atoms with van der Waals surface area (Å²) in [6, 6.07) is 8.92. The normalized spacial score (nSPS) is 20.2. The molecule has 2 aromatic rings. The van der Waals surface area contributed by atoms with E-state index < -0.39 is 0 Å². The molecule has 0 amide bonds. The maximum Gasteiger partial charge on any atom is 0.161 e. The standard InChI is InChI=1S/C27H40N4O/c1-26(2)11-12-27(3,4)23-20-21(8-9-22(23)26)25-28-13-10-24(29-25)31-17-15-30(16-18-31)14-6-5-7-19-32/h8-10,13,20,32H,5-7,11-12,14-19H2,1-4H3. The van der Waals surface area contributed by atoms with Crippen molar-refractivity contribution < 1.29 is 5.11 Å². The largest absolute Gasteiger partial charge is 0.396 e. The van der Waals surface area contributed by atoms with Gasteiger partial charge in [0.2, 0.25) is 0 Å². The lowest BCUT2D eigenvalue weighted by molar-refractivity contribution is 0.242. The summed E-state index contributed by atoms with van der Waals surface area (Å²) in [4.78, 5) is 14.5. The predicted octanol–water partition coefficient (Wildman–Crippen LogP) is 4.78. The number of fused-ring (bicyclic) bond motifs is 1. The molecule has 0 atom stereocenters. The summed E-state index contributed by atoms with van der Waals surface area (Å²) in [6.45, 7) is 15.0. The first-order chi connectivity index (χ1) is 15.3. The van der Waals surface area contributed by atoms with Crippen LogP contribution in [0.3, 0.4) is 0 Å². The van der Waals surface area contributed by atoms with Gasteiger partial charge in [-0.2, -0.15) is 0 Å². The number of hydrogen-bond acceptors (Lipinski definition) is 5. The number of benzene rings is 1. The van der Waals surface area contributed by atoms with Crippen LogP contribution in [0.25, 0.3) is 11.4 Å². The van der Waals surface area contributed by atoms with Crippen LogP contribution in [0.15, 0.2) is 30.5 Å². The van der Waals surface area contributed by atoms with Crippen LogP contribution < -0.4 is 4.90 Å². The van der Waals surface area contributed by atoms with E-state index in [1.165, 1.54) is 30.4 Å². The van der Waals surface area contributed by atoms with Gasteiger partial charge in [-0.15, -0.1) is 0 Å². The molecule has 0 saturated carbocycles. The van der Waals surface area contributed by atoms with Crippen molar-refractivity contribution in [1.29, 1.82) is 0 Å². The van der Waals surface area contributed by atoms with Gasteiger partial charge in [-0.25, -0.2) is 9.97 Å². The minimum Gasteiger partial charge on any atom is -0.396 e. The Balaban J connectivity index is 1.47. The third kappa shape index (κ3) is 4.99. The van der Waals surface area contributed by atoms with Gasteiger partial charge in [-0.1, -0.05) is 39.8 Å². The van der Waals surface area contributed by atoms with E-state index in [-0.39, 0.29) is 10.8 Å². The number of anilines is 1. The zero-order valence-electron chi connectivity index (χ0n) is 20.4. The minimum absolute atomic E-state index is 0.186. The highest BCUT2D eigenvalue weighted by Gasteiger charge is 2.37. The second kappa shape index (κ2) is 9.48. The number of aliphatic hydroxyl groups is 1. The Bertz CT molecular complexity index is 916. The topological polar surface area (TPSA) is 52.5 Å². The van der Waals surface area contributed by atoms with Gasteiger partial charge in [0, 0.05) is 44.5 Å². The Hall–Kier alpha value is -1.98. The van der Waals surface area contributed by atoms with Gasteiger partial charge in [-0.3, -0.25) is 4.90 Å². The van der Waals surface area contributed by atoms with E-state index in [0.29, 0.717) is 6.61 Å². The lowest BCUT2D eigenvalue weighted by Crippen LogP contribution is -2.47. The summed E-state index contributed by atoms with van der Waals surface area (Å²) in [7, 11) is 0. The molecule has 2 aliphatic rings. The van der Waals surface area contributed by atoms with Gasteiger partial charge >= 0.3 is 0 Å². The third-order valence-corrected chi connectivity index (χ3v) is 7.58. The van der Waals surface area contributed by atoms with Crippen LogP contribution in [0.4, 0.5) is 5.82 Å². The summed E-state index contributed by atoms with van der Waals surface area (Å²) in [5, 5.41) is 8.94. The van der Waals surface area contributed by atoms with Crippen LogP contribution in [-0.4, -0.2) is 59.3 Å². The molecule has 1 aromatic heterocycles. The van der Waals surface area contributed by atoms with E-state index in [1.807, 2.05) is 12.3 Å². The van der Waals surface area contributed by atoms with Crippen molar-refractivity contribution in [3.05, 3.63) is 41.6 Å². The lowest BCUT2D eigenvalue weighted by Gasteiger charge is -2.42. The molecule has 32 heavy (non-hydrogen) atoms. The first kappa shape index (κ1) is 23.2. The van der Waals surface area contributed by atoms with E-state index in [9.17, 15) is 0 Å². The number of rotatable bonds is 7. The quantitative estimate of drug-likeness (QED) is 0.633. The molecule has 174 valence electrons. The fraction of sp³-hybridized carbons (Fsp3) is 0.630. The van der Waals surface area contributed by atoms with E-state index in [4.69, 9.17) is 10.1 Å². The van der Waals surface area contributed by atoms with Crippen molar-refractivity contribution in [2.75, 3.05) is 44.2 Å². The molecule has 2 heterocycles. The molecule has 1 aromatic carbocycles. The zero-order valence-corrected chi connectivity index (χ0v) is 20.4. The van der Waals surface area contributed by atoms with Gasteiger partial charge in [0.15, 0.2) is 5.82 Å². The molecular formula is C27H40N4O. The minimum atomic E-state index is 0.186. The molecule has 0 spiro atoms. The van der Waals surface area contributed by atoms with Gasteiger partial charge in [0.1, 0.15) is 5.82 Å². The Morgan fingerprint density at radius 1 is 0.875 bits per heavy atom. The number of nitrogens with zero attached hydrogens (tertiary/aromatic N) is 4. The van der Waals surface area contributed by atoms with Crippen LogP contribution in [0.5, 0.6) is 0 Å². The Morgan fingerprint density at radius 2 is 1.59 bits per heavy atom. The number of piperazine rings is 1. The molecule has 0 bridgehead atoms. The highest BCUT2D eigenvalue weighted by molar-refractivity contribution is 5.61. The van der Waals surface area contributed by atoms with Crippen molar-refractivity contribution in [1.82, 2.24) is 14.9 Å². The number of aliphatic hydroxyl groups excluding tert-OH is 1. The molecule has 1 saturated heterocycles. The van der Waals surface area contributed by atoms with Crippen LogP contribution in [-0.2, 0) is 10.8 Å². The third-order valence-electron chi connectivity index (χ3n) is 7.58. The number of hydrogen-bond donors (Lipinski definition) is 1. The summed E-state index contributed by atoms with van der Waals surface area (Å²) in [6.07, 6.45) is 7.55. The Labute approximate surface area is 193 Å². The Morgan fingerprint density at radius 3 is 2.31 bits per heavy atom. The maximum absolute atomic E-state index is 8.94. The average Bonchev–Trinajstić information content (AvgIpc) is 2.80. The highest BCUT2D eigenvalue weighted by Crippen LogP contribution is 2.46. The van der Waals surface area contributed by atoms with E-state index in [1.54, 1.807) is 0 Å². The summed E-state index contributed by atoms with van der Waals surface area (Å²) in [5.41, 5.74) is 4.47. The molecule has 1 aliphatic carbocycles. The SMILES string of the molecule is CC1(C)CCC(C)(C)c2cc(-c3nccc(N4CCN(CCCCCO)CC4)n3)ccc21. The fourth-order valence-corrected chi connectivity index (χ4v) is 5.22. The number of aromatic nitrogens is 2. The van der Waals surface area contributed by atoms with Crippen LogP contribution >= 0.6 is 0 Å². The molecule has 0 radical (unpaired) electrons. The molecule has 1 N–H and O–H groups in total. The van der Waals surface area contributed by atoms with Crippen molar-refractivity contribution in [3.8, 4) is 11.4 Å². The van der Waals surface area contributed by atoms with Crippen molar-refractivity contribution in [2.24, 2.45) is 0 Å². The molecule has 1 fully saturated rings. The molecular weight excluding hydrogens is 396 g/mol. The van der Waals surface area contributed by atoms with Crippen molar-refractivity contribution in [2.45, 2.75) is 70.6 Å². The number of unbranched alkanes of at least 4 members (excludes halogenated alkanes) is 2. The predicted molar refractivity (Wildman–Crippen MR) is 132 cm³/mol. The van der Waals surface area contributed by atoms with Gasteiger partial charge < -0.3 is 10.0 Å². The summed E-state index contributed by atoms with van der Waals surface area (Å²) >= 11 is 0. The first-order valence-electron chi connectivity index (χ1n) is 12.4. The van der Waals surface area contributed by atoms with Crippen LogP contribution in [0, 0.1) is 0 Å². The summed E-state index contributed by atoms with van der Waals surface area (Å²) < 4.78 is 0. The second-order valence-corrected chi connectivity index (χ2v) is 10.9. The zero-order chi connectivity index (χ0) is 22.8. The molecule has 5 heteroatoms. The Kier molecular flexibility index (Phi) is 6.87. The summed E-state index contributed by atoms with van der Waals surface area (Å²) in [5.74, 6) is 1.86.